The molecule has 3 heterocycles. The number of rotatable bonds is 5. The minimum absolute atomic E-state index is 0.0898. The number of carbonyl (C=O) groups excluding carboxylic acids is 1. The number of hydrogen-bond donors (Lipinski definition) is 1. The molecule has 3 aromatic rings. The van der Waals surface area contributed by atoms with Crippen molar-refractivity contribution < 1.29 is 4.79 Å². The van der Waals surface area contributed by atoms with E-state index in [0.29, 0.717) is 21.9 Å². The molecule has 11 heteroatoms. The van der Waals surface area contributed by atoms with Crippen LogP contribution in [0.25, 0.3) is 10.2 Å². The maximum absolute atomic E-state index is 12.5. The number of aryl methyl sites for hydroxylation is 3. The summed E-state index contributed by atoms with van der Waals surface area (Å²) in [6.45, 7) is 6.35. The highest BCUT2D eigenvalue weighted by atomic mass is 32.2. The molecule has 9 nitrogen and oxygen atoms in total. The highest BCUT2D eigenvalue weighted by Gasteiger charge is 2.14. The molecule has 0 bridgehead atoms. The summed E-state index contributed by atoms with van der Waals surface area (Å²) in [6.07, 6.45) is 1.33. The summed E-state index contributed by atoms with van der Waals surface area (Å²) in [6, 6.07) is 0. The number of aromatic nitrogens is 6. The van der Waals surface area contributed by atoms with E-state index in [2.05, 4.69) is 25.9 Å². The Morgan fingerprint density at radius 1 is 1.42 bits per heavy atom. The van der Waals surface area contributed by atoms with E-state index in [0.717, 1.165) is 15.1 Å². The fraction of sp³-hybridized carbons (Fsp3) is 0.385. The average molecular weight is 365 g/mol. The van der Waals surface area contributed by atoms with Crippen molar-refractivity contribution in [1.82, 2.24) is 29.9 Å². The Balaban J connectivity index is 1.75. The third-order valence-electron chi connectivity index (χ3n) is 3.47. The summed E-state index contributed by atoms with van der Waals surface area (Å²) >= 11 is 2.67. The Kier molecular flexibility index (Phi) is 4.62. The first kappa shape index (κ1) is 16.6. The van der Waals surface area contributed by atoms with Crippen LogP contribution in [-0.4, -0.2) is 41.5 Å². The Morgan fingerprint density at radius 3 is 2.96 bits per heavy atom. The van der Waals surface area contributed by atoms with Gasteiger partial charge in [0, 0.05) is 11.4 Å². The fourth-order valence-electron chi connectivity index (χ4n) is 2.11. The lowest BCUT2D eigenvalue weighted by atomic mass is 10.2. The van der Waals surface area contributed by atoms with Crippen LogP contribution in [0.1, 0.15) is 17.4 Å². The average Bonchev–Trinajstić information content (AvgIpc) is 3.13. The summed E-state index contributed by atoms with van der Waals surface area (Å²) in [5.41, 5.74) is 3.16. The second-order valence-corrected chi connectivity index (χ2v) is 7.13. The second kappa shape index (κ2) is 6.69. The standard InChI is InChI=1S/C13H15N7O2S2/c1-4-19-13(15-17-18-19)23-5-9(21)16-20-6-14-11-10(12(20)22)7(2)8(3)24-11/h6H,4-5H2,1-3H3,(H,16,21). The van der Waals surface area contributed by atoms with Gasteiger partial charge in [-0.15, -0.1) is 16.4 Å². The minimum Gasteiger partial charge on any atom is -0.272 e. The fourth-order valence-corrected chi connectivity index (χ4v) is 3.83. The highest BCUT2D eigenvalue weighted by molar-refractivity contribution is 7.99. The predicted octanol–water partition coefficient (Wildman–Crippen LogP) is 0.944. The van der Waals surface area contributed by atoms with E-state index in [-0.39, 0.29) is 17.2 Å². The smallest absolute Gasteiger partial charge is 0.272 e. The monoisotopic (exact) mass is 365 g/mol. The first-order valence-electron chi connectivity index (χ1n) is 7.17. The number of nitrogens with zero attached hydrogens (tertiary/aromatic N) is 6. The summed E-state index contributed by atoms with van der Waals surface area (Å²) in [7, 11) is 0. The molecule has 0 radical (unpaired) electrons. The number of fused-ring (bicyclic) bond motifs is 1. The van der Waals surface area contributed by atoms with E-state index >= 15 is 0 Å². The Bertz CT molecular complexity index is 959. The van der Waals surface area contributed by atoms with E-state index in [1.54, 1.807) is 4.68 Å². The van der Waals surface area contributed by atoms with E-state index in [1.807, 2.05) is 20.8 Å². The zero-order valence-corrected chi connectivity index (χ0v) is 14.9. The number of thiophene rings is 1. The van der Waals surface area contributed by atoms with Gasteiger partial charge >= 0.3 is 0 Å². The zero-order chi connectivity index (χ0) is 17.3. The molecule has 0 saturated heterocycles. The highest BCUT2D eigenvalue weighted by Crippen LogP contribution is 2.25. The predicted molar refractivity (Wildman–Crippen MR) is 91.9 cm³/mol. The van der Waals surface area contributed by atoms with Crippen LogP contribution in [-0.2, 0) is 11.3 Å². The van der Waals surface area contributed by atoms with Gasteiger partial charge in [0.2, 0.25) is 11.1 Å². The maximum atomic E-state index is 12.5. The number of amides is 1. The van der Waals surface area contributed by atoms with E-state index in [1.165, 1.54) is 29.4 Å². The summed E-state index contributed by atoms with van der Waals surface area (Å²) in [4.78, 5) is 30.6. The van der Waals surface area contributed by atoms with Crippen molar-refractivity contribution in [2.45, 2.75) is 32.5 Å². The van der Waals surface area contributed by atoms with Crippen molar-refractivity contribution >= 4 is 39.2 Å². The third-order valence-corrected chi connectivity index (χ3v) is 5.54. The molecule has 0 aliphatic rings. The SMILES string of the molecule is CCn1nnnc1SCC(=O)Nn1cnc2sc(C)c(C)c2c1=O. The summed E-state index contributed by atoms with van der Waals surface area (Å²) < 4.78 is 2.71. The van der Waals surface area contributed by atoms with Crippen LogP contribution >= 0.6 is 23.1 Å². The molecule has 3 rings (SSSR count). The Labute approximate surface area is 145 Å². The normalized spacial score (nSPS) is 11.1. The molecule has 1 N–H and O–H groups in total. The van der Waals surface area contributed by atoms with Gasteiger partial charge < -0.3 is 0 Å². The van der Waals surface area contributed by atoms with Crippen LogP contribution in [0.2, 0.25) is 0 Å². The molecular weight excluding hydrogens is 350 g/mol. The van der Waals surface area contributed by atoms with E-state index in [4.69, 9.17) is 0 Å². The largest absolute Gasteiger partial charge is 0.281 e. The quantitative estimate of drug-likeness (QED) is 0.671. The molecule has 0 atom stereocenters. The third kappa shape index (κ3) is 3.04. The van der Waals surface area contributed by atoms with Gasteiger partial charge in [-0.2, -0.15) is 0 Å². The van der Waals surface area contributed by atoms with Crippen LogP contribution in [0.5, 0.6) is 0 Å². The van der Waals surface area contributed by atoms with Crippen LogP contribution in [0, 0.1) is 13.8 Å². The Hall–Kier alpha value is -2.27. The van der Waals surface area contributed by atoms with E-state index < -0.39 is 0 Å². The zero-order valence-electron chi connectivity index (χ0n) is 13.3. The van der Waals surface area contributed by atoms with Crippen LogP contribution in [0.4, 0.5) is 0 Å². The van der Waals surface area contributed by atoms with Gasteiger partial charge in [0.15, 0.2) is 0 Å². The number of hydrogen-bond acceptors (Lipinski definition) is 8. The van der Waals surface area contributed by atoms with Gasteiger partial charge in [-0.3, -0.25) is 15.0 Å². The number of nitrogens with one attached hydrogen (secondary N) is 1. The first-order valence-corrected chi connectivity index (χ1v) is 8.97. The van der Waals surface area contributed by atoms with Gasteiger partial charge in [-0.1, -0.05) is 11.8 Å². The van der Waals surface area contributed by atoms with E-state index in [9.17, 15) is 9.59 Å². The van der Waals surface area contributed by atoms with Crippen molar-refractivity contribution in [2.24, 2.45) is 0 Å². The molecule has 0 spiro atoms. The number of thioether (sulfide) groups is 1. The molecule has 126 valence electrons. The summed E-state index contributed by atoms with van der Waals surface area (Å²) in [5.74, 6) is -0.245. The molecule has 0 fully saturated rings. The van der Waals surface area contributed by atoms with Crippen molar-refractivity contribution in [3.63, 3.8) is 0 Å². The molecule has 1 amide bonds. The lowest BCUT2D eigenvalue weighted by molar-refractivity contribution is -0.114. The van der Waals surface area contributed by atoms with Crippen molar-refractivity contribution in [1.29, 1.82) is 0 Å². The number of carbonyl (C=O) groups is 1. The molecule has 0 aromatic carbocycles. The van der Waals surface area contributed by atoms with Gasteiger partial charge in [-0.25, -0.2) is 14.3 Å². The van der Waals surface area contributed by atoms with Gasteiger partial charge in [-0.05, 0) is 36.8 Å². The van der Waals surface area contributed by atoms with Gasteiger partial charge in [0.05, 0.1) is 11.1 Å². The van der Waals surface area contributed by atoms with Gasteiger partial charge in [0.25, 0.3) is 5.56 Å². The lowest BCUT2D eigenvalue weighted by Gasteiger charge is -2.07. The van der Waals surface area contributed by atoms with Crippen LogP contribution in [0.15, 0.2) is 16.3 Å². The Morgan fingerprint density at radius 2 is 2.21 bits per heavy atom. The molecule has 0 aliphatic carbocycles. The first-order chi connectivity index (χ1) is 11.5. The molecule has 0 saturated carbocycles. The lowest BCUT2D eigenvalue weighted by Crippen LogP contribution is -2.34. The second-order valence-electron chi connectivity index (χ2n) is 4.98. The van der Waals surface area contributed by atoms with Crippen molar-refractivity contribution in [3.8, 4) is 0 Å². The van der Waals surface area contributed by atoms with Crippen LogP contribution < -0.4 is 11.0 Å². The summed E-state index contributed by atoms with van der Waals surface area (Å²) in [5, 5.41) is 12.3. The molecule has 3 aromatic heterocycles. The van der Waals surface area contributed by atoms with Crippen molar-refractivity contribution in [3.05, 3.63) is 27.1 Å². The molecule has 24 heavy (non-hydrogen) atoms. The molecule has 0 aliphatic heterocycles. The van der Waals surface area contributed by atoms with Gasteiger partial charge in [0.1, 0.15) is 11.2 Å². The number of tetrazole rings is 1. The topological polar surface area (TPSA) is 108 Å². The minimum atomic E-state index is -0.335. The van der Waals surface area contributed by atoms with Crippen LogP contribution in [0.3, 0.4) is 0 Å². The molecule has 0 unspecified atom stereocenters. The molecular formula is C13H15N7O2S2. The van der Waals surface area contributed by atoms with Crippen molar-refractivity contribution in [2.75, 3.05) is 11.2 Å². The maximum Gasteiger partial charge on any atom is 0.281 e.